The first-order valence-corrected chi connectivity index (χ1v) is 7.81. The molecular formula is C18H17FN2O4. The van der Waals surface area contributed by atoms with Crippen LogP contribution in [0.5, 0.6) is 11.5 Å². The molecule has 1 aliphatic rings. The Balaban J connectivity index is 1.47. The number of rotatable bonds is 4. The van der Waals surface area contributed by atoms with E-state index in [0.29, 0.717) is 30.3 Å². The van der Waals surface area contributed by atoms with Crippen molar-refractivity contribution in [1.29, 1.82) is 0 Å². The molecule has 0 saturated heterocycles. The van der Waals surface area contributed by atoms with E-state index < -0.39 is 0 Å². The fourth-order valence-electron chi connectivity index (χ4n) is 2.40. The van der Waals surface area contributed by atoms with Gasteiger partial charge in [0.25, 0.3) is 0 Å². The standard InChI is InChI=1S/C18H17FN2O4/c19-14-4-1-12(2-5-14)10-17(22)20-21-18(23)11-13-3-6-15-16(9-13)25-8-7-24-15/h1-6,9H,7-8,10-11H2,(H,20,22)(H,21,23). The number of hydrazine groups is 1. The van der Waals surface area contributed by atoms with Crippen molar-refractivity contribution in [1.82, 2.24) is 10.9 Å². The van der Waals surface area contributed by atoms with Gasteiger partial charge in [-0.15, -0.1) is 0 Å². The monoisotopic (exact) mass is 344 g/mol. The fraction of sp³-hybridized carbons (Fsp3) is 0.222. The van der Waals surface area contributed by atoms with Gasteiger partial charge in [0.05, 0.1) is 12.8 Å². The van der Waals surface area contributed by atoms with Gasteiger partial charge in [-0.05, 0) is 35.4 Å². The van der Waals surface area contributed by atoms with Gasteiger partial charge in [-0.1, -0.05) is 18.2 Å². The molecule has 7 heteroatoms. The molecule has 0 saturated carbocycles. The lowest BCUT2D eigenvalue weighted by Crippen LogP contribution is -2.43. The van der Waals surface area contributed by atoms with E-state index >= 15 is 0 Å². The van der Waals surface area contributed by atoms with Crippen LogP contribution in [0, 0.1) is 5.82 Å². The Bertz CT molecular complexity index is 777. The predicted molar refractivity (Wildman–Crippen MR) is 87.5 cm³/mol. The second kappa shape index (κ2) is 7.65. The van der Waals surface area contributed by atoms with E-state index in [-0.39, 0.29) is 30.5 Å². The molecule has 2 aromatic rings. The summed E-state index contributed by atoms with van der Waals surface area (Å²) >= 11 is 0. The van der Waals surface area contributed by atoms with Gasteiger partial charge in [0.15, 0.2) is 11.5 Å². The zero-order chi connectivity index (χ0) is 17.6. The average Bonchev–Trinajstić information content (AvgIpc) is 2.62. The number of benzene rings is 2. The molecule has 0 unspecified atom stereocenters. The van der Waals surface area contributed by atoms with E-state index in [1.807, 2.05) is 0 Å². The van der Waals surface area contributed by atoms with Gasteiger partial charge in [-0.2, -0.15) is 0 Å². The number of halogens is 1. The van der Waals surface area contributed by atoms with Crippen LogP contribution < -0.4 is 20.3 Å². The highest BCUT2D eigenvalue weighted by atomic mass is 19.1. The lowest BCUT2D eigenvalue weighted by Gasteiger charge is -2.18. The molecule has 2 amide bonds. The Labute approximate surface area is 143 Å². The summed E-state index contributed by atoms with van der Waals surface area (Å²) in [6, 6.07) is 10.9. The quantitative estimate of drug-likeness (QED) is 0.825. The maximum absolute atomic E-state index is 12.8. The van der Waals surface area contributed by atoms with Crippen LogP contribution in [0.1, 0.15) is 11.1 Å². The van der Waals surface area contributed by atoms with Gasteiger partial charge in [0, 0.05) is 0 Å². The van der Waals surface area contributed by atoms with Crippen molar-refractivity contribution >= 4 is 11.8 Å². The van der Waals surface area contributed by atoms with Crippen molar-refractivity contribution in [3.8, 4) is 11.5 Å². The van der Waals surface area contributed by atoms with Crippen molar-refractivity contribution in [3.63, 3.8) is 0 Å². The summed E-state index contributed by atoms with van der Waals surface area (Å²) in [7, 11) is 0. The van der Waals surface area contributed by atoms with E-state index in [2.05, 4.69) is 10.9 Å². The average molecular weight is 344 g/mol. The molecule has 0 atom stereocenters. The van der Waals surface area contributed by atoms with Crippen LogP contribution in [0.2, 0.25) is 0 Å². The van der Waals surface area contributed by atoms with Crippen LogP contribution in [0.3, 0.4) is 0 Å². The number of carbonyl (C=O) groups excluding carboxylic acids is 2. The van der Waals surface area contributed by atoms with Crippen molar-refractivity contribution in [2.45, 2.75) is 12.8 Å². The maximum atomic E-state index is 12.8. The highest BCUT2D eigenvalue weighted by Gasteiger charge is 2.13. The third kappa shape index (κ3) is 4.69. The minimum Gasteiger partial charge on any atom is -0.486 e. The van der Waals surface area contributed by atoms with Crippen LogP contribution in [-0.4, -0.2) is 25.0 Å². The Morgan fingerprint density at radius 1 is 0.840 bits per heavy atom. The van der Waals surface area contributed by atoms with Crippen LogP contribution in [0.4, 0.5) is 4.39 Å². The summed E-state index contributed by atoms with van der Waals surface area (Å²) in [4.78, 5) is 23.7. The van der Waals surface area contributed by atoms with Crippen molar-refractivity contribution in [2.75, 3.05) is 13.2 Å². The predicted octanol–water partition coefficient (Wildman–Crippen LogP) is 1.53. The largest absolute Gasteiger partial charge is 0.486 e. The molecule has 0 bridgehead atoms. The number of hydrogen-bond donors (Lipinski definition) is 2. The van der Waals surface area contributed by atoms with Gasteiger partial charge in [-0.25, -0.2) is 4.39 Å². The molecule has 25 heavy (non-hydrogen) atoms. The van der Waals surface area contributed by atoms with E-state index in [4.69, 9.17) is 9.47 Å². The molecule has 0 spiro atoms. The second-order valence-corrected chi connectivity index (χ2v) is 5.55. The molecule has 0 fully saturated rings. The highest BCUT2D eigenvalue weighted by Crippen LogP contribution is 2.30. The number of nitrogens with one attached hydrogen (secondary N) is 2. The number of ether oxygens (including phenoxy) is 2. The normalized spacial score (nSPS) is 12.4. The minimum atomic E-state index is -0.387. The molecule has 0 aliphatic carbocycles. The lowest BCUT2D eigenvalue weighted by atomic mass is 10.1. The van der Waals surface area contributed by atoms with Crippen LogP contribution >= 0.6 is 0 Å². The number of fused-ring (bicyclic) bond motifs is 1. The van der Waals surface area contributed by atoms with Gasteiger partial charge >= 0.3 is 0 Å². The molecule has 130 valence electrons. The van der Waals surface area contributed by atoms with Crippen LogP contribution in [-0.2, 0) is 22.4 Å². The first-order valence-electron chi connectivity index (χ1n) is 7.81. The summed E-state index contributed by atoms with van der Waals surface area (Å²) in [6.07, 6.45) is 0.137. The summed E-state index contributed by atoms with van der Waals surface area (Å²) in [5, 5.41) is 0. The third-order valence-electron chi connectivity index (χ3n) is 3.59. The van der Waals surface area contributed by atoms with Crippen molar-refractivity contribution in [3.05, 3.63) is 59.4 Å². The van der Waals surface area contributed by atoms with E-state index in [1.165, 1.54) is 24.3 Å². The summed E-state index contributed by atoms with van der Waals surface area (Å²) in [5.74, 6) is 0.156. The zero-order valence-corrected chi connectivity index (χ0v) is 13.4. The molecule has 3 rings (SSSR count). The van der Waals surface area contributed by atoms with Crippen molar-refractivity contribution in [2.24, 2.45) is 0 Å². The van der Waals surface area contributed by atoms with Crippen LogP contribution in [0.25, 0.3) is 0 Å². The van der Waals surface area contributed by atoms with Crippen LogP contribution in [0.15, 0.2) is 42.5 Å². The third-order valence-corrected chi connectivity index (χ3v) is 3.59. The molecule has 2 N–H and O–H groups in total. The van der Waals surface area contributed by atoms with E-state index in [9.17, 15) is 14.0 Å². The summed E-state index contributed by atoms with van der Waals surface area (Å²) in [5.41, 5.74) is 6.10. The van der Waals surface area contributed by atoms with Gasteiger partial charge < -0.3 is 9.47 Å². The summed E-state index contributed by atoms with van der Waals surface area (Å²) < 4.78 is 23.7. The fourth-order valence-corrected chi connectivity index (χ4v) is 2.40. The Hall–Kier alpha value is -3.09. The van der Waals surface area contributed by atoms with Gasteiger partial charge in [0.2, 0.25) is 11.8 Å². The molecule has 6 nitrogen and oxygen atoms in total. The smallest absolute Gasteiger partial charge is 0.242 e. The van der Waals surface area contributed by atoms with Gasteiger partial charge in [0.1, 0.15) is 19.0 Å². The summed E-state index contributed by atoms with van der Waals surface area (Å²) in [6.45, 7) is 0.981. The van der Waals surface area contributed by atoms with Crippen molar-refractivity contribution < 1.29 is 23.5 Å². The first-order chi connectivity index (χ1) is 12.1. The Kier molecular flexibility index (Phi) is 5.13. The molecule has 2 aromatic carbocycles. The second-order valence-electron chi connectivity index (χ2n) is 5.55. The first kappa shape index (κ1) is 16.8. The molecule has 1 heterocycles. The van der Waals surface area contributed by atoms with E-state index in [0.717, 1.165) is 5.56 Å². The number of amides is 2. The molecular weight excluding hydrogens is 327 g/mol. The molecule has 1 aliphatic heterocycles. The Morgan fingerprint density at radius 2 is 1.40 bits per heavy atom. The lowest BCUT2D eigenvalue weighted by molar-refractivity contribution is -0.128. The molecule has 0 aromatic heterocycles. The van der Waals surface area contributed by atoms with Gasteiger partial charge in [-0.3, -0.25) is 20.4 Å². The number of carbonyl (C=O) groups is 2. The maximum Gasteiger partial charge on any atom is 0.242 e. The number of hydrogen-bond acceptors (Lipinski definition) is 4. The Morgan fingerprint density at radius 3 is 2.08 bits per heavy atom. The molecule has 0 radical (unpaired) electrons. The SMILES string of the molecule is O=C(Cc1ccc(F)cc1)NNC(=O)Cc1ccc2c(c1)OCCO2. The highest BCUT2D eigenvalue weighted by molar-refractivity contribution is 5.84. The zero-order valence-electron chi connectivity index (χ0n) is 13.4. The van der Waals surface area contributed by atoms with E-state index in [1.54, 1.807) is 18.2 Å². The minimum absolute atomic E-state index is 0.0462. The topological polar surface area (TPSA) is 76.7 Å².